The van der Waals surface area contributed by atoms with Crippen LogP contribution in [0, 0.1) is 11.3 Å². The first-order valence-electron chi connectivity index (χ1n) is 5.80. The molecular weight excluding hydrogens is 299 g/mol. The summed E-state index contributed by atoms with van der Waals surface area (Å²) in [7, 11) is -5.57. The van der Waals surface area contributed by atoms with Gasteiger partial charge in [0.1, 0.15) is 0 Å². The Bertz CT molecular complexity index is 748. The van der Waals surface area contributed by atoms with Crippen molar-refractivity contribution in [2.45, 2.75) is 5.66 Å². The average molecular weight is 309 g/mol. The topological polar surface area (TPSA) is 81.3 Å². The molecular formula is C14H10F2NO3P. The monoisotopic (exact) mass is 309 g/mol. The lowest BCUT2D eigenvalue weighted by molar-refractivity contribution is 0.0564. The molecule has 0 heterocycles. The molecule has 0 aliphatic heterocycles. The molecule has 7 heteroatoms. The first kappa shape index (κ1) is 15.3. The number of halogens is 2. The number of alkyl halides is 2. The molecule has 2 aromatic rings. The van der Waals surface area contributed by atoms with Gasteiger partial charge in [-0.2, -0.15) is 14.0 Å². The first-order chi connectivity index (χ1) is 9.75. The molecule has 2 aromatic carbocycles. The van der Waals surface area contributed by atoms with Crippen LogP contribution in [0.3, 0.4) is 0 Å². The molecule has 0 aliphatic rings. The van der Waals surface area contributed by atoms with Crippen molar-refractivity contribution >= 4 is 7.60 Å². The van der Waals surface area contributed by atoms with Gasteiger partial charge in [0.2, 0.25) is 0 Å². The summed E-state index contributed by atoms with van der Waals surface area (Å²) in [6, 6.07) is 13.1. The van der Waals surface area contributed by atoms with Crippen LogP contribution < -0.4 is 0 Å². The van der Waals surface area contributed by atoms with Crippen LogP contribution in [0.4, 0.5) is 8.78 Å². The molecule has 0 aromatic heterocycles. The molecule has 0 spiro atoms. The number of hydrogen-bond acceptors (Lipinski definition) is 2. The first-order valence-corrected chi connectivity index (χ1v) is 7.41. The van der Waals surface area contributed by atoms with Crippen LogP contribution in [0.1, 0.15) is 11.1 Å². The summed E-state index contributed by atoms with van der Waals surface area (Å²) in [5.41, 5.74) is -3.33. The Hall–Kier alpha value is -2.06. The van der Waals surface area contributed by atoms with Crippen LogP contribution in [0.25, 0.3) is 11.1 Å². The fraction of sp³-hybridized carbons (Fsp3) is 0.0714. The van der Waals surface area contributed by atoms with E-state index >= 15 is 0 Å². The minimum atomic E-state index is -5.57. The lowest BCUT2D eigenvalue weighted by Crippen LogP contribution is -2.13. The van der Waals surface area contributed by atoms with Crippen LogP contribution >= 0.6 is 7.60 Å². The molecule has 0 saturated heterocycles. The maximum absolute atomic E-state index is 13.5. The third-order valence-corrected chi connectivity index (χ3v) is 3.91. The van der Waals surface area contributed by atoms with Gasteiger partial charge in [0.25, 0.3) is 0 Å². The quantitative estimate of drug-likeness (QED) is 0.851. The molecule has 0 fully saturated rings. The van der Waals surface area contributed by atoms with Gasteiger partial charge in [-0.1, -0.05) is 36.4 Å². The van der Waals surface area contributed by atoms with Crippen molar-refractivity contribution in [2.75, 3.05) is 0 Å². The third kappa shape index (κ3) is 3.01. The van der Waals surface area contributed by atoms with E-state index in [-0.39, 0.29) is 0 Å². The van der Waals surface area contributed by atoms with Crippen molar-refractivity contribution < 1.29 is 23.1 Å². The second-order valence-electron chi connectivity index (χ2n) is 4.36. The number of nitrogens with zero attached hydrogens (tertiary/aromatic N) is 1. The molecule has 21 heavy (non-hydrogen) atoms. The summed E-state index contributed by atoms with van der Waals surface area (Å²) in [6.45, 7) is 0. The summed E-state index contributed by atoms with van der Waals surface area (Å²) >= 11 is 0. The predicted octanol–water partition coefficient (Wildman–Crippen LogP) is 3.45. The van der Waals surface area contributed by atoms with E-state index in [0.717, 1.165) is 12.1 Å². The van der Waals surface area contributed by atoms with Crippen molar-refractivity contribution in [2.24, 2.45) is 0 Å². The summed E-state index contributed by atoms with van der Waals surface area (Å²) in [5.74, 6) is 0. The lowest BCUT2D eigenvalue weighted by Gasteiger charge is -2.18. The Labute approximate surface area is 119 Å². The van der Waals surface area contributed by atoms with Crippen molar-refractivity contribution in [3.8, 4) is 17.2 Å². The summed E-state index contributed by atoms with van der Waals surface area (Å²) in [4.78, 5) is 17.4. The van der Waals surface area contributed by atoms with Crippen LogP contribution in [-0.2, 0) is 10.2 Å². The molecule has 0 radical (unpaired) electrons. The fourth-order valence-electron chi connectivity index (χ4n) is 1.80. The van der Waals surface area contributed by atoms with Crippen molar-refractivity contribution in [1.82, 2.24) is 0 Å². The van der Waals surface area contributed by atoms with Gasteiger partial charge in [-0.3, -0.25) is 4.57 Å². The Kier molecular flexibility index (Phi) is 3.93. The summed E-state index contributed by atoms with van der Waals surface area (Å²) in [5, 5.41) is 8.81. The lowest BCUT2D eigenvalue weighted by atomic mass is 10.0. The minimum Gasteiger partial charge on any atom is -0.320 e. The molecule has 0 atom stereocenters. The zero-order chi connectivity index (χ0) is 15.7. The molecule has 4 nitrogen and oxygen atoms in total. The van der Waals surface area contributed by atoms with Crippen molar-refractivity contribution in [1.29, 1.82) is 5.26 Å². The Morgan fingerprint density at radius 2 is 1.67 bits per heavy atom. The highest BCUT2D eigenvalue weighted by atomic mass is 31.2. The Morgan fingerprint density at radius 1 is 1.05 bits per heavy atom. The standard InChI is InChI=1S/C14H10F2NO3P/c15-14(16,21(18,19)20)13-6-4-11(5-7-13)12-3-1-2-10(8-12)9-17/h1-8H,(H2,18,19,20). The molecule has 0 aliphatic carbocycles. The highest BCUT2D eigenvalue weighted by Gasteiger charge is 2.50. The minimum absolute atomic E-state index is 0.428. The van der Waals surface area contributed by atoms with E-state index in [1.54, 1.807) is 24.3 Å². The van der Waals surface area contributed by atoms with E-state index in [0.29, 0.717) is 16.7 Å². The fourth-order valence-corrected chi connectivity index (χ4v) is 2.29. The number of rotatable bonds is 3. The van der Waals surface area contributed by atoms with Gasteiger partial charge in [0.05, 0.1) is 11.6 Å². The second-order valence-corrected chi connectivity index (χ2v) is 6.00. The van der Waals surface area contributed by atoms with Crippen molar-refractivity contribution in [3.05, 3.63) is 59.7 Å². The van der Waals surface area contributed by atoms with Crippen molar-refractivity contribution in [3.63, 3.8) is 0 Å². The van der Waals surface area contributed by atoms with Crippen LogP contribution in [0.5, 0.6) is 0 Å². The van der Waals surface area contributed by atoms with E-state index in [1.807, 2.05) is 6.07 Å². The summed E-state index contributed by atoms with van der Waals surface area (Å²) < 4.78 is 37.8. The largest absolute Gasteiger partial charge is 0.399 e. The average Bonchev–Trinajstić information content (AvgIpc) is 2.46. The van der Waals surface area contributed by atoms with E-state index in [4.69, 9.17) is 15.0 Å². The molecule has 0 bridgehead atoms. The van der Waals surface area contributed by atoms with Crippen LogP contribution in [0.2, 0.25) is 0 Å². The number of nitriles is 1. The maximum atomic E-state index is 13.5. The summed E-state index contributed by atoms with van der Waals surface area (Å²) in [6.07, 6.45) is 0. The second kappa shape index (κ2) is 5.38. The SMILES string of the molecule is N#Cc1cccc(-c2ccc(C(F)(F)P(=O)(O)O)cc2)c1. The van der Waals surface area contributed by atoms with E-state index in [1.165, 1.54) is 12.1 Å². The Morgan fingerprint density at radius 3 is 2.19 bits per heavy atom. The predicted molar refractivity (Wildman–Crippen MR) is 72.5 cm³/mol. The number of benzene rings is 2. The van der Waals surface area contributed by atoms with Crippen LogP contribution in [-0.4, -0.2) is 9.79 Å². The molecule has 108 valence electrons. The van der Waals surface area contributed by atoms with Gasteiger partial charge < -0.3 is 9.79 Å². The molecule has 0 unspecified atom stereocenters. The highest BCUT2D eigenvalue weighted by molar-refractivity contribution is 7.52. The highest BCUT2D eigenvalue weighted by Crippen LogP contribution is 2.59. The van der Waals surface area contributed by atoms with Crippen LogP contribution in [0.15, 0.2) is 48.5 Å². The zero-order valence-corrected chi connectivity index (χ0v) is 11.5. The van der Waals surface area contributed by atoms with Gasteiger partial charge in [-0.05, 0) is 23.3 Å². The van der Waals surface area contributed by atoms with E-state index in [9.17, 15) is 13.3 Å². The third-order valence-electron chi connectivity index (χ3n) is 2.92. The molecule has 2 N–H and O–H groups in total. The molecule has 0 amide bonds. The van der Waals surface area contributed by atoms with Gasteiger partial charge in [0.15, 0.2) is 0 Å². The molecule has 0 saturated carbocycles. The smallest absolute Gasteiger partial charge is 0.320 e. The number of hydrogen-bond donors (Lipinski definition) is 2. The zero-order valence-electron chi connectivity index (χ0n) is 10.6. The molecule has 2 rings (SSSR count). The van der Waals surface area contributed by atoms with Gasteiger partial charge >= 0.3 is 13.3 Å². The van der Waals surface area contributed by atoms with Gasteiger partial charge in [-0.25, -0.2) is 0 Å². The van der Waals surface area contributed by atoms with Gasteiger partial charge in [-0.15, -0.1) is 0 Å². The van der Waals surface area contributed by atoms with E-state index < -0.39 is 18.8 Å². The van der Waals surface area contributed by atoms with Gasteiger partial charge in [0, 0.05) is 5.56 Å². The van der Waals surface area contributed by atoms with E-state index in [2.05, 4.69) is 0 Å². The maximum Gasteiger partial charge on any atom is 0.399 e. The normalized spacial score (nSPS) is 12.0. The Balaban J connectivity index is 2.40.